The molecule has 1 aliphatic heterocycles. The van der Waals surface area contributed by atoms with E-state index in [1.807, 2.05) is 11.8 Å². The molecule has 0 saturated carbocycles. The molecule has 0 aliphatic carbocycles. The zero-order chi connectivity index (χ0) is 14.7. The molecule has 5 heteroatoms. The van der Waals surface area contributed by atoms with Gasteiger partial charge in [0, 0.05) is 23.6 Å². The first-order valence-electron chi connectivity index (χ1n) is 6.75. The van der Waals surface area contributed by atoms with E-state index in [1.165, 1.54) is 25.3 Å². The summed E-state index contributed by atoms with van der Waals surface area (Å²) in [6.45, 7) is 5.51. The van der Waals surface area contributed by atoms with Gasteiger partial charge < -0.3 is 4.74 Å². The molecule has 0 radical (unpaired) electrons. The van der Waals surface area contributed by atoms with Gasteiger partial charge in [-0.15, -0.1) is 0 Å². The maximum Gasteiger partial charge on any atom is 0.180 e. The van der Waals surface area contributed by atoms with E-state index in [-0.39, 0.29) is 5.78 Å². The lowest BCUT2D eigenvalue weighted by Gasteiger charge is -2.37. The Morgan fingerprint density at radius 2 is 2.25 bits per heavy atom. The number of benzene rings is 1. The fourth-order valence-electron chi connectivity index (χ4n) is 2.39. The quantitative estimate of drug-likeness (QED) is 0.799. The van der Waals surface area contributed by atoms with E-state index in [0.717, 1.165) is 12.3 Å². The summed E-state index contributed by atoms with van der Waals surface area (Å²) in [6, 6.07) is 4.41. The number of rotatable bonds is 4. The first-order chi connectivity index (χ1) is 9.52. The molecule has 1 fully saturated rings. The molecule has 0 amide bonds. The summed E-state index contributed by atoms with van der Waals surface area (Å²) >= 11 is 1.93. The van der Waals surface area contributed by atoms with Crippen molar-refractivity contribution in [1.82, 2.24) is 4.90 Å². The molecular weight excluding hydrogens is 277 g/mol. The average molecular weight is 297 g/mol. The molecule has 20 heavy (non-hydrogen) atoms. The fourth-order valence-corrected chi connectivity index (χ4v) is 3.55. The van der Waals surface area contributed by atoms with Crippen molar-refractivity contribution < 1.29 is 13.9 Å². The molecule has 1 aromatic rings. The van der Waals surface area contributed by atoms with E-state index in [4.69, 9.17) is 4.74 Å². The van der Waals surface area contributed by atoms with Crippen molar-refractivity contribution >= 4 is 17.5 Å². The van der Waals surface area contributed by atoms with Gasteiger partial charge in [0.15, 0.2) is 5.78 Å². The molecule has 0 aromatic heterocycles. The number of ether oxygens (including phenoxy) is 1. The van der Waals surface area contributed by atoms with Gasteiger partial charge in [-0.05, 0) is 25.1 Å². The predicted octanol–water partition coefficient (Wildman–Crippen LogP) is 2.84. The molecule has 110 valence electrons. The number of thioether (sulfide) groups is 1. The highest BCUT2D eigenvalue weighted by molar-refractivity contribution is 8.00. The molecule has 2 atom stereocenters. The normalized spacial score (nSPS) is 23.6. The van der Waals surface area contributed by atoms with Crippen molar-refractivity contribution in [3.8, 4) is 5.75 Å². The van der Waals surface area contributed by atoms with E-state index >= 15 is 0 Å². The van der Waals surface area contributed by atoms with Crippen LogP contribution in [0.25, 0.3) is 0 Å². The number of methoxy groups -OCH3 is 1. The Morgan fingerprint density at radius 3 is 2.95 bits per heavy atom. The third kappa shape index (κ3) is 3.33. The maximum atomic E-state index is 13.3. The highest BCUT2D eigenvalue weighted by Crippen LogP contribution is 2.25. The number of halogens is 1. The van der Waals surface area contributed by atoms with Crippen LogP contribution < -0.4 is 4.74 Å². The Balaban J connectivity index is 2.13. The number of hydrogen-bond acceptors (Lipinski definition) is 4. The molecule has 1 aliphatic rings. The molecular formula is C15H20FNO2S. The summed E-state index contributed by atoms with van der Waals surface area (Å²) in [5.41, 5.74) is 0.325. The van der Waals surface area contributed by atoms with Crippen LogP contribution in [0.3, 0.4) is 0 Å². The summed E-state index contributed by atoms with van der Waals surface area (Å²) < 4.78 is 18.5. The molecule has 1 heterocycles. The van der Waals surface area contributed by atoms with Crippen LogP contribution in [-0.2, 0) is 0 Å². The molecule has 3 nitrogen and oxygen atoms in total. The minimum atomic E-state index is -0.412. The van der Waals surface area contributed by atoms with E-state index in [9.17, 15) is 9.18 Å². The predicted molar refractivity (Wildman–Crippen MR) is 80.2 cm³/mol. The number of carbonyl (C=O) groups is 1. The van der Waals surface area contributed by atoms with Gasteiger partial charge in [0.2, 0.25) is 0 Å². The van der Waals surface area contributed by atoms with Crippen LogP contribution in [-0.4, -0.2) is 47.9 Å². The minimum absolute atomic E-state index is 0.0905. The highest BCUT2D eigenvalue weighted by atomic mass is 32.2. The van der Waals surface area contributed by atoms with Crippen LogP contribution in [0.2, 0.25) is 0 Å². The van der Waals surface area contributed by atoms with Crippen molar-refractivity contribution in [3.63, 3.8) is 0 Å². The van der Waals surface area contributed by atoms with Crippen LogP contribution in [0, 0.1) is 5.82 Å². The monoisotopic (exact) mass is 297 g/mol. The maximum absolute atomic E-state index is 13.3. The van der Waals surface area contributed by atoms with E-state index in [1.54, 1.807) is 0 Å². The number of nitrogens with zero attached hydrogens (tertiary/aromatic N) is 1. The van der Waals surface area contributed by atoms with Gasteiger partial charge in [0.1, 0.15) is 11.6 Å². The SMILES string of the molecule is COc1ccc(F)cc1C(=O)CN1CCSC(C)C1C. The molecule has 0 bridgehead atoms. The van der Waals surface area contributed by atoms with Crippen LogP contribution in [0.4, 0.5) is 4.39 Å². The molecule has 1 saturated heterocycles. The van der Waals surface area contributed by atoms with Gasteiger partial charge >= 0.3 is 0 Å². The van der Waals surface area contributed by atoms with Gasteiger partial charge in [-0.3, -0.25) is 9.69 Å². The van der Waals surface area contributed by atoms with Crippen molar-refractivity contribution in [2.24, 2.45) is 0 Å². The van der Waals surface area contributed by atoms with Crippen molar-refractivity contribution in [3.05, 3.63) is 29.6 Å². The second-order valence-electron chi connectivity index (χ2n) is 5.05. The largest absolute Gasteiger partial charge is 0.496 e. The summed E-state index contributed by atoms with van der Waals surface area (Å²) in [5, 5.41) is 0.506. The van der Waals surface area contributed by atoms with E-state index < -0.39 is 5.82 Å². The zero-order valence-electron chi connectivity index (χ0n) is 12.1. The Labute approximate surface area is 123 Å². The standard InChI is InChI=1S/C15H20FNO2S/c1-10-11(2)20-7-6-17(10)9-14(18)13-8-12(16)4-5-15(13)19-3/h4-5,8,10-11H,6-7,9H2,1-3H3. The molecule has 2 rings (SSSR count). The molecule has 0 N–H and O–H groups in total. The number of hydrogen-bond donors (Lipinski definition) is 0. The summed E-state index contributed by atoms with van der Waals surface area (Å²) in [7, 11) is 1.49. The fraction of sp³-hybridized carbons (Fsp3) is 0.533. The number of carbonyl (C=O) groups excluding carboxylic acids is 1. The first kappa shape index (κ1) is 15.3. The second-order valence-corrected chi connectivity index (χ2v) is 6.54. The van der Waals surface area contributed by atoms with Crippen molar-refractivity contribution in [1.29, 1.82) is 0 Å². The Morgan fingerprint density at radius 1 is 1.50 bits per heavy atom. The summed E-state index contributed by atoms with van der Waals surface area (Å²) in [6.07, 6.45) is 0. The van der Waals surface area contributed by atoms with Crippen LogP contribution in [0.5, 0.6) is 5.75 Å². The van der Waals surface area contributed by atoms with Crippen molar-refractivity contribution in [2.75, 3.05) is 26.0 Å². The Kier molecular flexibility index (Phi) is 5.05. The summed E-state index contributed by atoms with van der Waals surface area (Å²) in [5.74, 6) is 0.958. The van der Waals surface area contributed by atoms with Crippen LogP contribution in [0.1, 0.15) is 24.2 Å². The van der Waals surface area contributed by atoms with Gasteiger partial charge in [-0.25, -0.2) is 4.39 Å². The van der Waals surface area contributed by atoms with E-state index in [0.29, 0.717) is 29.1 Å². The molecule has 2 unspecified atom stereocenters. The van der Waals surface area contributed by atoms with Gasteiger partial charge in [0.25, 0.3) is 0 Å². The molecule has 1 aromatic carbocycles. The lowest BCUT2D eigenvalue weighted by atomic mass is 10.1. The number of ketones is 1. The average Bonchev–Trinajstić information content (AvgIpc) is 2.43. The smallest absolute Gasteiger partial charge is 0.180 e. The third-order valence-electron chi connectivity index (χ3n) is 3.82. The lowest BCUT2D eigenvalue weighted by molar-refractivity contribution is 0.0898. The van der Waals surface area contributed by atoms with Crippen LogP contribution >= 0.6 is 11.8 Å². The van der Waals surface area contributed by atoms with Crippen LogP contribution in [0.15, 0.2) is 18.2 Å². The third-order valence-corrected chi connectivity index (χ3v) is 5.16. The van der Waals surface area contributed by atoms with Gasteiger partial charge in [-0.2, -0.15) is 11.8 Å². The Hall–Kier alpha value is -1.07. The van der Waals surface area contributed by atoms with Crippen molar-refractivity contribution in [2.45, 2.75) is 25.1 Å². The zero-order valence-corrected chi connectivity index (χ0v) is 12.9. The highest BCUT2D eigenvalue weighted by Gasteiger charge is 2.27. The topological polar surface area (TPSA) is 29.5 Å². The number of Topliss-reactive ketones (excluding diaryl/α,β-unsaturated/α-hetero) is 1. The second kappa shape index (κ2) is 6.59. The van der Waals surface area contributed by atoms with Gasteiger partial charge in [0.05, 0.1) is 19.2 Å². The van der Waals surface area contributed by atoms with E-state index in [2.05, 4.69) is 18.7 Å². The summed E-state index contributed by atoms with van der Waals surface area (Å²) in [4.78, 5) is 14.6. The first-order valence-corrected chi connectivity index (χ1v) is 7.80. The lowest BCUT2D eigenvalue weighted by Crippen LogP contribution is -2.46. The Bertz CT molecular complexity index is 495. The minimum Gasteiger partial charge on any atom is -0.496 e. The van der Waals surface area contributed by atoms with Gasteiger partial charge in [-0.1, -0.05) is 6.92 Å². The molecule has 0 spiro atoms.